The smallest absolute Gasteiger partial charge is 0.305 e. The molecule has 0 saturated heterocycles. The van der Waals surface area contributed by atoms with Crippen LogP contribution in [0.25, 0.3) is 0 Å². The van der Waals surface area contributed by atoms with Crippen molar-refractivity contribution in [2.45, 2.75) is 26.2 Å². The third-order valence-electron chi connectivity index (χ3n) is 1.89. The molecule has 5 heteroatoms. The molecule has 4 nitrogen and oxygen atoms in total. The standard InChI is InChI=1S/C10H16N2O2S/c1-3-6-11-10-12-8(7-15-10)4-5-9(13)14-2/h7H,3-6H2,1-2H3,(H,11,12). The number of nitrogens with one attached hydrogen (secondary N) is 1. The molecular formula is C10H16N2O2S. The molecule has 0 aliphatic carbocycles. The number of esters is 1. The Morgan fingerprint density at radius 1 is 1.67 bits per heavy atom. The van der Waals surface area contributed by atoms with Crippen molar-refractivity contribution in [2.24, 2.45) is 0 Å². The van der Waals surface area contributed by atoms with E-state index in [1.807, 2.05) is 5.38 Å². The average molecular weight is 228 g/mol. The molecular weight excluding hydrogens is 212 g/mol. The number of methoxy groups -OCH3 is 1. The molecule has 0 fully saturated rings. The van der Waals surface area contributed by atoms with Gasteiger partial charge < -0.3 is 10.1 Å². The quantitative estimate of drug-likeness (QED) is 0.757. The van der Waals surface area contributed by atoms with Crippen LogP contribution in [0, 0.1) is 0 Å². The van der Waals surface area contributed by atoms with Crippen LogP contribution in [0.5, 0.6) is 0 Å². The zero-order chi connectivity index (χ0) is 11.1. The van der Waals surface area contributed by atoms with E-state index in [0.717, 1.165) is 23.8 Å². The summed E-state index contributed by atoms with van der Waals surface area (Å²) >= 11 is 1.57. The van der Waals surface area contributed by atoms with Gasteiger partial charge >= 0.3 is 5.97 Å². The molecule has 0 amide bonds. The fourth-order valence-electron chi connectivity index (χ4n) is 1.07. The van der Waals surface area contributed by atoms with Gasteiger partial charge in [-0.3, -0.25) is 4.79 Å². The highest BCUT2D eigenvalue weighted by Gasteiger charge is 2.05. The topological polar surface area (TPSA) is 51.2 Å². The molecule has 0 aromatic carbocycles. The van der Waals surface area contributed by atoms with Gasteiger partial charge in [-0.2, -0.15) is 0 Å². The van der Waals surface area contributed by atoms with Gasteiger partial charge in [0, 0.05) is 18.3 Å². The summed E-state index contributed by atoms with van der Waals surface area (Å²) in [5, 5.41) is 6.11. The molecule has 0 radical (unpaired) electrons. The van der Waals surface area contributed by atoms with Crippen LogP contribution >= 0.6 is 11.3 Å². The van der Waals surface area contributed by atoms with E-state index in [4.69, 9.17) is 0 Å². The Kier molecular flexibility index (Phi) is 5.10. The van der Waals surface area contributed by atoms with Gasteiger partial charge in [0.05, 0.1) is 19.2 Å². The number of aryl methyl sites for hydroxylation is 1. The van der Waals surface area contributed by atoms with Gasteiger partial charge in [0.1, 0.15) is 0 Å². The molecule has 0 saturated carbocycles. The first-order valence-electron chi connectivity index (χ1n) is 5.01. The third kappa shape index (κ3) is 4.29. The lowest BCUT2D eigenvalue weighted by atomic mass is 10.2. The highest BCUT2D eigenvalue weighted by atomic mass is 32.1. The number of nitrogens with zero attached hydrogens (tertiary/aromatic N) is 1. The third-order valence-corrected chi connectivity index (χ3v) is 2.74. The van der Waals surface area contributed by atoms with E-state index in [9.17, 15) is 4.79 Å². The van der Waals surface area contributed by atoms with Gasteiger partial charge in [-0.05, 0) is 6.42 Å². The number of aromatic nitrogens is 1. The lowest BCUT2D eigenvalue weighted by molar-refractivity contribution is -0.140. The first kappa shape index (κ1) is 12.0. The number of anilines is 1. The summed E-state index contributed by atoms with van der Waals surface area (Å²) in [4.78, 5) is 15.3. The normalized spacial score (nSPS) is 10.0. The molecule has 0 bridgehead atoms. The molecule has 0 aliphatic heterocycles. The molecule has 0 atom stereocenters. The van der Waals surface area contributed by atoms with Gasteiger partial charge in [0.15, 0.2) is 5.13 Å². The van der Waals surface area contributed by atoms with Crippen molar-refractivity contribution in [2.75, 3.05) is 19.0 Å². The summed E-state index contributed by atoms with van der Waals surface area (Å²) in [6.45, 7) is 3.04. The minimum atomic E-state index is -0.189. The van der Waals surface area contributed by atoms with Crippen molar-refractivity contribution in [3.8, 4) is 0 Å². The Bertz CT molecular complexity index is 312. The van der Waals surface area contributed by atoms with E-state index in [0.29, 0.717) is 12.8 Å². The molecule has 15 heavy (non-hydrogen) atoms. The number of hydrogen-bond acceptors (Lipinski definition) is 5. The van der Waals surface area contributed by atoms with Crippen LogP contribution in [0.4, 0.5) is 5.13 Å². The fraction of sp³-hybridized carbons (Fsp3) is 0.600. The van der Waals surface area contributed by atoms with Crippen LogP contribution in [0.2, 0.25) is 0 Å². The number of ether oxygens (including phenoxy) is 1. The Labute approximate surface area is 93.7 Å². The molecule has 84 valence electrons. The number of rotatable bonds is 6. The maximum Gasteiger partial charge on any atom is 0.305 e. The predicted octanol–water partition coefficient (Wildman–Crippen LogP) is 2.07. The maximum absolute atomic E-state index is 10.9. The Morgan fingerprint density at radius 3 is 3.13 bits per heavy atom. The van der Waals surface area contributed by atoms with E-state index in [2.05, 4.69) is 22.0 Å². The van der Waals surface area contributed by atoms with Gasteiger partial charge in [-0.25, -0.2) is 4.98 Å². The minimum Gasteiger partial charge on any atom is -0.469 e. The number of carbonyl (C=O) groups is 1. The van der Waals surface area contributed by atoms with Crippen LogP contribution in [-0.4, -0.2) is 24.6 Å². The zero-order valence-corrected chi connectivity index (χ0v) is 9.89. The molecule has 1 N–H and O–H groups in total. The fourth-order valence-corrected chi connectivity index (χ4v) is 1.84. The van der Waals surface area contributed by atoms with Gasteiger partial charge in [0.25, 0.3) is 0 Å². The SMILES string of the molecule is CCCNc1nc(CCC(=O)OC)cs1. The zero-order valence-electron chi connectivity index (χ0n) is 9.08. The highest BCUT2D eigenvalue weighted by Crippen LogP contribution is 2.16. The molecule has 0 spiro atoms. The lowest BCUT2D eigenvalue weighted by Crippen LogP contribution is -2.02. The summed E-state index contributed by atoms with van der Waals surface area (Å²) in [6.07, 6.45) is 2.13. The molecule has 1 rings (SSSR count). The second-order valence-corrected chi connectivity index (χ2v) is 4.01. The van der Waals surface area contributed by atoms with E-state index in [-0.39, 0.29) is 5.97 Å². The van der Waals surface area contributed by atoms with Gasteiger partial charge in [-0.1, -0.05) is 6.92 Å². The van der Waals surface area contributed by atoms with Gasteiger partial charge in [-0.15, -0.1) is 11.3 Å². The first-order valence-corrected chi connectivity index (χ1v) is 5.89. The van der Waals surface area contributed by atoms with E-state index in [1.54, 1.807) is 11.3 Å². The lowest BCUT2D eigenvalue weighted by Gasteiger charge is -1.98. The summed E-state index contributed by atoms with van der Waals surface area (Å²) in [7, 11) is 1.40. The van der Waals surface area contributed by atoms with Crippen LogP contribution < -0.4 is 5.32 Å². The van der Waals surface area contributed by atoms with Gasteiger partial charge in [0.2, 0.25) is 0 Å². The van der Waals surface area contributed by atoms with Crippen LogP contribution in [0.15, 0.2) is 5.38 Å². The van der Waals surface area contributed by atoms with Crippen LogP contribution in [0.1, 0.15) is 25.5 Å². The van der Waals surface area contributed by atoms with Crippen molar-refractivity contribution < 1.29 is 9.53 Å². The van der Waals surface area contributed by atoms with Crippen molar-refractivity contribution >= 4 is 22.4 Å². The summed E-state index contributed by atoms with van der Waals surface area (Å²) in [6, 6.07) is 0. The molecule has 1 heterocycles. The average Bonchev–Trinajstić information content (AvgIpc) is 2.71. The summed E-state index contributed by atoms with van der Waals surface area (Å²) in [5.41, 5.74) is 0.948. The predicted molar refractivity (Wildman–Crippen MR) is 61.2 cm³/mol. The maximum atomic E-state index is 10.9. The first-order chi connectivity index (χ1) is 7.26. The second-order valence-electron chi connectivity index (χ2n) is 3.15. The number of hydrogen-bond donors (Lipinski definition) is 1. The number of carbonyl (C=O) groups excluding carboxylic acids is 1. The summed E-state index contributed by atoms with van der Waals surface area (Å²) in [5.74, 6) is -0.189. The molecule has 0 unspecified atom stereocenters. The Hall–Kier alpha value is -1.10. The highest BCUT2D eigenvalue weighted by molar-refractivity contribution is 7.13. The summed E-state index contributed by atoms with van der Waals surface area (Å²) < 4.78 is 4.56. The monoisotopic (exact) mass is 228 g/mol. The largest absolute Gasteiger partial charge is 0.469 e. The van der Waals surface area contributed by atoms with E-state index >= 15 is 0 Å². The second kappa shape index (κ2) is 6.40. The van der Waals surface area contributed by atoms with Crippen molar-refractivity contribution in [1.82, 2.24) is 4.98 Å². The minimum absolute atomic E-state index is 0.189. The Morgan fingerprint density at radius 2 is 2.47 bits per heavy atom. The van der Waals surface area contributed by atoms with Crippen molar-refractivity contribution in [3.05, 3.63) is 11.1 Å². The molecule has 1 aromatic heterocycles. The van der Waals surface area contributed by atoms with Crippen LogP contribution in [0.3, 0.4) is 0 Å². The van der Waals surface area contributed by atoms with E-state index < -0.39 is 0 Å². The molecule has 1 aromatic rings. The molecule has 0 aliphatic rings. The van der Waals surface area contributed by atoms with Crippen LogP contribution in [-0.2, 0) is 16.0 Å². The van der Waals surface area contributed by atoms with Crippen molar-refractivity contribution in [1.29, 1.82) is 0 Å². The van der Waals surface area contributed by atoms with Crippen molar-refractivity contribution in [3.63, 3.8) is 0 Å². The van der Waals surface area contributed by atoms with E-state index in [1.165, 1.54) is 7.11 Å². The number of thiazole rings is 1. The Balaban J connectivity index is 2.35.